The topological polar surface area (TPSA) is 0 Å². The zero-order valence-corrected chi connectivity index (χ0v) is 9.00. The molecule has 8 heavy (non-hydrogen) atoms. The molecule has 0 unspecified atom stereocenters. The molecule has 0 spiro atoms. The van der Waals surface area contributed by atoms with E-state index in [2.05, 4.69) is 36.7 Å². The first-order valence-corrected chi connectivity index (χ1v) is 5.95. The average Bonchev–Trinajstić information content (AvgIpc) is 1.59. The number of hydrogen-bond donors (Lipinski definition) is 0. The molecule has 0 rings (SSSR count). The molecule has 0 aromatic carbocycles. The maximum absolute atomic E-state index is 3.44. The van der Waals surface area contributed by atoms with Crippen molar-refractivity contribution < 1.29 is 0 Å². The summed E-state index contributed by atoms with van der Waals surface area (Å²) in [6.07, 6.45) is 0. The van der Waals surface area contributed by atoms with Crippen LogP contribution >= 0.6 is 15.9 Å². The highest BCUT2D eigenvalue weighted by Crippen LogP contribution is 2.21. The first-order valence-electron chi connectivity index (χ1n) is 3.12. The predicted octanol–water partition coefficient (Wildman–Crippen LogP) is 2.19. The van der Waals surface area contributed by atoms with Gasteiger partial charge in [0.05, 0.1) is 0 Å². The minimum absolute atomic E-state index is 0.203. The third-order valence-electron chi connectivity index (χ3n) is 1.06. The number of halogens is 1. The van der Waals surface area contributed by atoms with E-state index < -0.39 is 0 Å². The average molecular weight is 195 g/mol. The highest BCUT2D eigenvalue weighted by atomic mass is 79.9. The standard InChI is InChI=1S/C6H15BrSi/c1-6(2,3)8-5-4-7/h4-5,8H2,1-3H3. The molecule has 0 nitrogen and oxygen atoms in total. The molecule has 0 aliphatic rings. The van der Waals surface area contributed by atoms with E-state index in [0.29, 0.717) is 5.04 Å². The van der Waals surface area contributed by atoms with Gasteiger partial charge in [-0.15, -0.1) is 0 Å². The van der Waals surface area contributed by atoms with Crippen molar-refractivity contribution in [3.63, 3.8) is 0 Å². The van der Waals surface area contributed by atoms with Crippen molar-refractivity contribution in [2.24, 2.45) is 0 Å². The molecule has 50 valence electrons. The van der Waals surface area contributed by atoms with Crippen LogP contribution in [0.3, 0.4) is 0 Å². The highest BCUT2D eigenvalue weighted by molar-refractivity contribution is 9.09. The van der Waals surface area contributed by atoms with Crippen molar-refractivity contribution in [2.75, 3.05) is 5.33 Å². The number of rotatable bonds is 2. The number of alkyl halides is 1. The van der Waals surface area contributed by atoms with Crippen molar-refractivity contribution in [1.29, 1.82) is 0 Å². The molecule has 0 amide bonds. The molecule has 0 atom stereocenters. The van der Waals surface area contributed by atoms with Crippen LogP contribution in [-0.4, -0.2) is 14.8 Å². The van der Waals surface area contributed by atoms with Crippen LogP contribution in [0.2, 0.25) is 11.1 Å². The molecule has 2 heteroatoms. The Hall–Kier alpha value is 0.697. The molecular weight excluding hydrogens is 180 g/mol. The van der Waals surface area contributed by atoms with Crippen molar-refractivity contribution in [2.45, 2.75) is 31.9 Å². The molecule has 0 aromatic heterocycles. The second kappa shape index (κ2) is 3.67. The maximum atomic E-state index is 3.44. The fourth-order valence-corrected chi connectivity index (χ4v) is 2.63. The van der Waals surface area contributed by atoms with Crippen molar-refractivity contribution in [3.8, 4) is 0 Å². The lowest BCUT2D eigenvalue weighted by molar-refractivity contribution is 0.751. The van der Waals surface area contributed by atoms with Crippen LogP contribution in [0.4, 0.5) is 0 Å². The summed E-state index contributed by atoms with van der Waals surface area (Å²) in [6, 6.07) is 1.43. The SMILES string of the molecule is CC(C)(C)[SiH2]CCBr. The monoisotopic (exact) mass is 194 g/mol. The Kier molecular flexibility index (Phi) is 3.99. The van der Waals surface area contributed by atoms with Crippen LogP contribution in [0.1, 0.15) is 20.8 Å². The van der Waals surface area contributed by atoms with Gasteiger partial charge in [0.25, 0.3) is 0 Å². The summed E-state index contributed by atoms with van der Waals surface area (Å²) in [5.41, 5.74) is 0. The van der Waals surface area contributed by atoms with E-state index in [9.17, 15) is 0 Å². The van der Waals surface area contributed by atoms with Gasteiger partial charge < -0.3 is 0 Å². The molecule has 0 fully saturated rings. The Balaban J connectivity index is 3.11. The summed E-state index contributed by atoms with van der Waals surface area (Å²) in [6.45, 7) is 7.01. The van der Waals surface area contributed by atoms with Gasteiger partial charge in [-0.3, -0.25) is 0 Å². The van der Waals surface area contributed by atoms with E-state index in [1.54, 1.807) is 0 Å². The van der Waals surface area contributed by atoms with Gasteiger partial charge in [0.15, 0.2) is 0 Å². The Bertz CT molecular complexity index is 56.0. The lowest BCUT2D eigenvalue weighted by Crippen LogP contribution is -2.07. The van der Waals surface area contributed by atoms with Crippen LogP contribution in [0.25, 0.3) is 0 Å². The van der Waals surface area contributed by atoms with Gasteiger partial charge >= 0.3 is 0 Å². The summed E-state index contributed by atoms with van der Waals surface area (Å²) >= 11 is 3.44. The van der Waals surface area contributed by atoms with E-state index in [4.69, 9.17) is 0 Å². The molecule has 0 saturated heterocycles. The summed E-state index contributed by atoms with van der Waals surface area (Å²) in [5.74, 6) is 0. The smallest absolute Gasteiger partial charge is 0.0268 e. The molecular formula is C6H15BrSi. The maximum Gasteiger partial charge on any atom is 0.0268 e. The summed E-state index contributed by atoms with van der Waals surface area (Å²) < 4.78 is 0. The quantitative estimate of drug-likeness (QED) is 0.468. The van der Waals surface area contributed by atoms with Crippen LogP contribution in [0, 0.1) is 0 Å². The van der Waals surface area contributed by atoms with Gasteiger partial charge in [-0.2, -0.15) is 0 Å². The fourth-order valence-electron chi connectivity index (χ4n) is 0.597. The van der Waals surface area contributed by atoms with Gasteiger partial charge in [0.2, 0.25) is 0 Å². The third kappa shape index (κ3) is 6.70. The van der Waals surface area contributed by atoms with Gasteiger partial charge in [-0.1, -0.05) is 42.7 Å². The van der Waals surface area contributed by atoms with Crippen LogP contribution < -0.4 is 0 Å². The van der Waals surface area contributed by atoms with Crippen molar-refractivity contribution in [3.05, 3.63) is 0 Å². The minimum Gasteiger partial charge on any atom is -0.0931 e. The van der Waals surface area contributed by atoms with E-state index >= 15 is 0 Å². The third-order valence-corrected chi connectivity index (χ3v) is 4.86. The summed E-state index contributed by atoms with van der Waals surface area (Å²) in [5, 5.41) is 1.87. The van der Waals surface area contributed by atoms with Crippen LogP contribution in [0.5, 0.6) is 0 Å². The Morgan fingerprint density at radius 2 is 1.88 bits per heavy atom. The highest BCUT2D eigenvalue weighted by Gasteiger charge is 2.08. The zero-order chi connectivity index (χ0) is 6.62. The molecule has 0 heterocycles. The number of hydrogen-bond acceptors (Lipinski definition) is 0. The normalized spacial score (nSPS) is 13.5. The van der Waals surface area contributed by atoms with Gasteiger partial charge in [-0.25, -0.2) is 0 Å². The lowest BCUT2D eigenvalue weighted by atomic mass is 10.3. The Morgan fingerprint density at radius 3 is 2.00 bits per heavy atom. The van der Waals surface area contributed by atoms with E-state index in [1.165, 1.54) is 11.4 Å². The van der Waals surface area contributed by atoms with E-state index in [-0.39, 0.29) is 9.52 Å². The minimum atomic E-state index is 0.203. The first kappa shape index (κ1) is 8.70. The van der Waals surface area contributed by atoms with E-state index in [0.717, 1.165) is 0 Å². The Labute approximate surface area is 63.0 Å². The fraction of sp³-hybridized carbons (Fsp3) is 1.00. The second-order valence-corrected chi connectivity index (χ2v) is 7.47. The predicted molar refractivity (Wildman–Crippen MR) is 46.9 cm³/mol. The Morgan fingerprint density at radius 1 is 1.38 bits per heavy atom. The van der Waals surface area contributed by atoms with Crippen LogP contribution in [-0.2, 0) is 0 Å². The summed E-state index contributed by atoms with van der Waals surface area (Å²) in [4.78, 5) is 0. The largest absolute Gasteiger partial charge is 0.0931 e. The van der Waals surface area contributed by atoms with Crippen molar-refractivity contribution >= 4 is 25.4 Å². The van der Waals surface area contributed by atoms with Gasteiger partial charge in [0.1, 0.15) is 0 Å². The lowest BCUT2D eigenvalue weighted by Gasteiger charge is -2.15. The second-order valence-electron chi connectivity index (χ2n) is 3.35. The molecule has 0 aliphatic carbocycles. The summed E-state index contributed by atoms with van der Waals surface area (Å²) in [7, 11) is 0.203. The molecule has 0 N–H and O–H groups in total. The van der Waals surface area contributed by atoms with Crippen molar-refractivity contribution in [1.82, 2.24) is 0 Å². The van der Waals surface area contributed by atoms with Crippen LogP contribution in [0.15, 0.2) is 0 Å². The molecule has 0 radical (unpaired) electrons. The van der Waals surface area contributed by atoms with Gasteiger partial charge in [-0.05, 0) is 5.04 Å². The zero-order valence-electron chi connectivity index (χ0n) is 6.00. The molecule has 0 saturated carbocycles. The molecule has 0 aliphatic heterocycles. The molecule has 0 bridgehead atoms. The molecule has 0 aromatic rings. The van der Waals surface area contributed by atoms with Gasteiger partial charge in [0, 0.05) is 14.8 Å². The first-order chi connectivity index (χ1) is 3.56. The van der Waals surface area contributed by atoms with E-state index in [1.807, 2.05) is 0 Å².